The molecule has 3 rings (SSSR count). The standard InChI is InChI=1S/C24H42N4S3/c1-16(2)7-19-13-29-22(25-19)10-28(11-23-26-20(14-30-23)8-17(3)4)12-24-27-21(15-31-24)9-18(5)6/h16-21H,7-15H2,1-6H3/t19-,20-,21-/m0/s1. The number of hydrogen-bond donors (Lipinski definition) is 0. The second-order valence-electron chi connectivity index (χ2n) is 10.5. The molecule has 3 heterocycles. The highest BCUT2D eigenvalue weighted by Crippen LogP contribution is 2.28. The van der Waals surface area contributed by atoms with E-state index in [2.05, 4.69) is 46.4 Å². The van der Waals surface area contributed by atoms with Crippen LogP contribution in [-0.4, -0.2) is 75.0 Å². The Balaban J connectivity index is 1.63. The van der Waals surface area contributed by atoms with Gasteiger partial charge in [-0.25, -0.2) is 0 Å². The molecule has 7 heteroatoms. The summed E-state index contributed by atoms with van der Waals surface area (Å²) in [7, 11) is 0. The molecule has 0 spiro atoms. The Labute approximate surface area is 203 Å². The van der Waals surface area contributed by atoms with Gasteiger partial charge in [0.1, 0.15) is 0 Å². The number of nitrogens with zero attached hydrogens (tertiary/aromatic N) is 4. The largest absolute Gasteiger partial charge is 0.284 e. The van der Waals surface area contributed by atoms with Crippen LogP contribution in [0.3, 0.4) is 0 Å². The summed E-state index contributed by atoms with van der Waals surface area (Å²) < 4.78 is 0. The fourth-order valence-electron chi connectivity index (χ4n) is 4.41. The maximum Gasteiger partial charge on any atom is 0.0821 e. The van der Waals surface area contributed by atoms with Crippen molar-refractivity contribution in [3.63, 3.8) is 0 Å². The van der Waals surface area contributed by atoms with Gasteiger partial charge in [-0.15, -0.1) is 35.3 Å². The molecule has 0 amide bonds. The van der Waals surface area contributed by atoms with Crippen LogP contribution in [0.25, 0.3) is 0 Å². The highest BCUT2D eigenvalue weighted by atomic mass is 32.2. The first kappa shape index (κ1) is 25.6. The molecule has 0 saturated carbocycles. The van der Waals surface area contributed by atoms with E-state index in [1.807, 2.05) is 35.3 Å². The maximum absolute atomic E-state index is 5.07. The second kappa shape index (κ2) is 12.5. The van der Waals surface area contributed by atoms with Crippen molar-refractivity contribution in [2.24, 2.45) is 32.7 Å². The molecule has 4 nitrogen and oxygen atoms in total. The molecular weight excluding hydrogens is 440 g/mol. The van der Waals surface area contributed by atoms with Crippen LogP contribution < -0.4 is 0 Å². The van der Waals surface area contributed by atoms with Crippen LogP contribution in [0.2, 0.25) is 0 Å². The zero-order valence-electron chi connectivity index (χ0n) is 20.3. The molecule has 0 N–H and O–H groups in total. The molecule has 0 saturated heterocycles. The molecule has 0 unspecified atom stereocenters. The van der Waals surface area contributed by atoms with Gasteiger partial charge in [-0.05, 0) is 37.0 Å². The topological polar surface area (TPSA) is 40.3 Å². The van der Waals surface area contributed by atoms with Crippen molar-refractivity contribution in [2.45, 2.75) is 78.9 Å². The predicted molar refractivity (Wildman–Crippen MR) is 146 cm³/mol. The van der Waals surface area contributed by atoms with Gasteiger partial charge in [0.15, 0.2) is 0 Å². The molecule has 0 aromatic heterocycles. The minimum absolute atomic E-state index is 0.504. The SMILES string of the molecule is CC(C)C[C@H]1CSC(CN(CC2=N[C@@H](CC(C)C)CS2)CC2=N[C@@H](CC(C)C)CS2)=N1. The van der Waals surface area contributed by atoms with Crippen LogP contribution in [-0.2, 0) is 0 Å². The Kier molecular flexibility index (Phi) is 10.3. The van der Waals surface area contributed by atoms with E-state index in [0.29, 0.717) is 35.9 Å². The molecule has 0 radical (unpaired) electrons. The monoisotopic (exact) mass is 482 g/mol. The van der Waals surface area contributed by atoms with Crippen molar-refractivity contribution in [3.05, 3.63) is 0 Å². The van der Waals surface area contributed by atoms with Gasteiger partial charge in [-0.1, -0.05) is 41.5 Å². The first-order valence-corrected chi connectivity index (χ1v) is 15.0. The average molecular weight is 483 g/mol. The first-order chi connectivity index (χ1) is 14.8. The van der Waals surface area contributed by atoms with Crippen molar-refractivity contribution in [2.75, 3.05) is 36.9 Å². The van der Waals surface area contributed by atoms with E-state index in [1.165, 1.54) is 34.4 Å². The van der Waals surface area contributed by atoms with Crippen molar-refractivity contribution in [1.82, 2.24) is 4.90 Å². The maximum atomic E-state index is 5.07. The summed E-state index contributed by atoms with van der Waals surface area (Å²) in [4.78, 5) is 17.8. The lowest BCUT2D eigenvalue weighted by molar-refractivity contribution is 0.409. The van der Waals surface area contributed by atoms with Gasteiger partial charge >= 0.3 is 0 Å². The third kappa shape index (κ3) is 9.05. The van der Waals surface area contributed by atoms with Gasteiger partial charge in [0.2, 0.25) is 0 Å². The zero-order valence-corrected chi connectivity index (χ0v) is 22.8. The van der Waals surface area contributed by atoms with Crippen LogP contribution in [0.1, 0.15) is 60.8 Å². The predicted octanol–water partition coefficient (Wildman–Crippen LogP) is 5.97. The molecule has 0 fully saturated rings. The average Bonchev–Trinajstić information content (AvgIpc) is 3.37. The Hall–Kier alpha value is 0.0200. The van der Waals surface area contributed by atoms with E-state index >= 15 is 0 Å². The summed E-state index contributed by atoms with van der Waals surface area (Å²) in [5.74, 6) is 5.61. The lowest BCUT2D eigenvalue weighted by Crippen LogP contribution is -2.35. The van der Waals surface area contributed by atoms with Gasteiger partial charge in [0, 0.05) is 36.9 Å². The minimum atomic E-state index is 0.504. The fourth-order valence-corrected chi connectivity index (χ4v) is 7.69. The molecule has 0 aliphatic carbocycles. The molecule has 0 aromatic rings. The van der Waals surface area contributed by atoms with Crippen molar-refractivity contribution in [3.8, 4) is 0 Å². The van der Waals surface area contributed by atoms with Crippen LogP contribution in [0.15, 0.2) is 15.0 Å². The summed E-state index contributed by atoms with van der Waals surface area (Å²) >= 11 is 5.91. The van der Waals surface area contributed by atoms with Crippen molar-refractivity contribution >= 4 is 50.4 Å². The first-order valence-electron chi connectivity index (χ1n) is 12.1. The molecule has 176 valence electrons. The summed E-state index contributed by atoms with van der Waals surface area (Å²) in [5, 5.41) is 3.95. The molecule has 3 aliphatic heterocycles. The quantitative estimate of drug-likeness (QED) is 0.344. The van der Waals surface area contributed by atoms with Gasteiger partial charge in [0.05, 0.1) is 33.3 Å². The summed E-state index contributed by atoms with van der Waals surface area (Å²) in [5.41, 5.74) is 0. The highest BCUT2D eigenvalue weighted by Gasteiger charge is 2.27. The fraction of sp³-hybridized carbons (Fsp3) is 0.875. The van der Waals surface area contributed by atoms with Crippen molar-refractivity contribution < 1.29 is 0 Å². The molecule has 31 heavy (non-hydrogen) atoms. The van der Waals surface area contributed by atoms with E-state index in [0.717, 1.165) is 36.9 Å². The lowest BCUT2D eigenvalue weighted by atomic mass is 10.1. The van der Waals surface area contributed by atoms with Crippen LogP contribution in [0.4, 0.5) is 0 Å². The lowest BCUT2D eigenvalue weighted by Gasteiger charge is -2.21. The Bertz CT molecular complexity index is 581. The number of rotatable bonds is 12. The van der Waals surface area contributed by atoms with E-state index in [4.69, 9.17) is 15.0 Å². The van der Waals surface area contributed by atoms with E-state index in [9.17, 15) is 0 Å². The molecule has 0 bridgehead atoms. The molecule has 0 aromatic carbocycles. The minimum Gasteiger partial charge on any atom is -0.284 e. The van der Waals surface area contributed by atoms with Gasteiger partial charge < -0.3 is 0 Å². The summed E-state index contributed by atoms with van der Waals surface area (Å²) in [6, 6.07) is 1.51. The zero-order chi connectivity index (χ0) is 22.4. The molecule has 3 atom stereocenters. The van der Waals surface area contributed by atoms with Crippen molar-refractivity contribution in [1.29, 1.82) is 0 Å². The second-order valence-corrected chi connectivity index (χ2v) is 13.8. The molecule has 3 aliphatic rings. The third-order valence-electron chi connectivity index (χ3n) is 5.61. The van der Waals surface area contributed by atoms with E-state index in [-0.39, 0.29) is 0 Å². The smallest absolute Gasteiger partial charge is 0.0821 e. The van der Waals surface area contributed by atoms with Crippen LogP contribution in [0.5, 0.6) is 0 Å². The Morgan fingerprint density at radius 2 is 0.903 bits per heavy atom. The van der Waals surface area contributed by atoms with E-state index in [1.54, 1.807) is 0 Å². The molecular formula is C24H42N4S3. The Morgan fingerprint density at radius 3 is 1.16 bits per heavy atom. The van der Waals surface area contributed by atoms with Crippen LogP contribution >= 0.6 is 35.3 Å². The number of aliphatic imine (C=N–C) groups is 3. The van der Waals surface area contributed by atoms with Crippen LogP contribution in [0, 0.1) is 17.8 Å². The normalized spacial score (nSPS) is 26.5. The number of thioether (sulfide) groups is 3. The number of hydrogen-bond acceptors (Lipinski definition) is 7. The third-order valence-corrected chi connectivity index (χ3v) is 8.97. The highest BCUT2D eigenvalue weighted by molar-refractivity contribution is 8.15. The van der Waals surface area contributed by atoms with Gasteiger partial charge in [-0.3, -0.25) is 19.9 Å². The Morgan fingerprint density at radius 1 is 0.613 bits per heavy atom. The summed E-state index contributed by atoms with van der Waals surface area (Å²) in [6.45, 7) is 16.7. The van der Waals surface area contributed by atoms with Gasteiger partial charge in [-0.2, -0.15) is 0 Å². The van der Waals surface area contributed by atoms with Gasteiger partial charge in [0.25, 0.3) is 0 Å². The summed E-state index contributed by atoms with van der Waals surface area (Å²) in [6.07, 6.45) is 3.61. The van der Waals surface area contributed by atoms with E-state index < -0.39 is 0 Å².